The standard InChI is InChI=1S/C29H35N3O6S/c1-5-18-38-27-17-14-23(19-28(27)37-7-3)20-30-31-29(33)21-32(25-10-8-9-11-26(25)36-6-2)39(34,35)24-15-12-22(4)13-16-24/h8-17,19-20H,5-7,18,21H2,1-4H3,(H,31,33)/b30-20-. The van der Waals surface area contributed by atoms with Gasteiger partial charge in [0.25, 0.3) is 15.9 Å². The van der Waals surface area contributed by atoms with E-state index in [2.05, 4.69) is 10.5 Å². The Labute approximate surface area is 230 Å². The van der Waals surface area contributed by atoms with Gasteiger partial charge < -0.3 is 14.2 Å². The van der Waals surface area contributed by atoms with Gasteiger partial charge in [0.05, 0.1) is 36.6 Å². The quantitative estimate of drug-likeness (QED) is 0.224. The lowest BCUT2D eigenvalue weighted by molar-refractivity contribution is -0.119. The monoisotopic (exact) mass is 553 g/mol. The Morgan fingerprint density at radius 1 is 0.897 bits per heavy atom. The number of benzene rings is 3. The van der Waals surface area contributed by atoms with Crippen LogP contribution in [-0.2, 0) is 14.8 Å². The lowest BCUT2D eigenvalue weighted by atomic mass is 10.2. The first-order chi connectivity index (χ1) is 18.8. The minimum absolute atomic E-state index is 0.0598. The van der Waals surface area contributed by atoms with E-state index in [0.29, 0.717) is 42.6 Å². The molecule has 0 saturated carbocycles. The highest BCUT2D eigenvalue weighted by Crippen LogP contribution is 2.32. The number of carbonyl (C=O) groups excluding carboxylic acids is 1. The molecule has 10 heteroatoms. The van der Waals surface area contributed by atoms with Gasteiger partial charge in [0.15, 0.2) is 11.5 Å². The smallest absolute Gasteiger partial charge is 0.264 e. The summed E-state index contributed by atoms with van der Waals surface area (Å²) < 4.78 is 45.4. The molecular formula is C29H35N3O6S. The van der Waals surface area contributed by atoms with Gasteiger partial charge in [0.2, 0.25) is 0 Å². The zero-order valence-electron chi connectivity index (χ0n) is 22.7. The predicted octanol–water partition coefficient (Wildman–Crippen LogP) is 4.93. The van der Waals surface area contributed by atoms with Gasteiger partial charge in [0.1, 0.15) is 12.3 Å². The summed E-state index contributed by atoms with van der Waals surface area (Å²) in [7, 11) is -4.10. The Hall–Kier alpha value is -4.05. The number of para-hydroxylation sites is 2. The van der Waals surface area contributed by atoms with E-state index >= 15 is 0 Å². The third-order valence-corrected chi connectivity index (χ3v) is 7.24. The van der Waals surface area contributed by atoms with Crippen LogP contribution in [0, 0.1) is 6.92 Å². The Morgan fingerprint density at radius 3 is 2.28 bits per heavy atom. The van der Waals surface area contributed by atoms with Crippen molar-refractivity contribution in [2.24, 2.45) is 5.10 Å². The third kappa shape index (κ3) is 7.97. The van der Waals surface area contributed by atoms with E-state index in [4.69, 9.17) is 14.2 Å². The maximum atomic E-state index is 13.7. The predicted molar refractivity (Wildman–Crippen MR) is 152 cm³/mol. The van der Waals surface area contributed by atoms with Gasteiger partial charge in [0, 0.05) is 0 Å². The Morgan fingerprint density at radius 2 is 1.59 bits per heavy atom. The molecule has 3 rings (SSSR count). The lowest BCUT2D eigenvalue weighted by Gasteiger charge is -2.25. The molecule has 1 amide bonds. The second kappa shape index (κ2) is 14.2. The van der Waals surface area contributed by atoms with E-state index in [1.165, 1.54) is 18.3 Å². The molecule has 1 N–H and O–H groups in total. The molecule has 9 nitrogen and oxygen atoms in total. The average molecular weight is 554 g/mol. The fraction of sp³-hybridized carbons (Fsp3) is 0.310. The zero-order valence-corrected chi connectivity index (χ0v) is 23.5. The van der Waals surface area contributed by atoms with E-state index in [0.717, 1.165) is 16.3 Å². The van der Waals surface area contributed by atoms with Crippen molar-refractivity contribution in [2.75, 3.05) is 30.7 Å². The first-order valence-corrected chi connectivity index (χ1v) is 14.3. The molecule has 3 aromatic carbocycles. The van der Waals surface area contributed by atoms with Crippen molar-refractivity contribution in [3.63, 3.8) is 0 Å². The van der Waals surface area contributed by atoms with Crippen molar-refractivity contribution in [1.29, 1.82) is 0 Å². The number of sulfonamides is 1. The van der Waals surface area contributed by atoms with Crippen molar-refractivity contribution < 1.29 is 27.4 Å². The van der Waals surface area contributed by atoms with Gasteiger partial charge in [-0.25, -0.2) is 13.8 Å². The molecule has 0 aliphatic rings. The summed E-state index contributed by atoms with van der Waals surface area (Å²) in [6.07, 6.45) is 2.32. The molecule has 0 aliphatic carbocycles. The topological polar surface area (TPSA) is 107 Å². The lowest BCUT2D eigenvalue weighted by Crippen LogP contribution is -2.39. The Kier molecular flexibility index (Phi) is 10.7. The molecule has 208 valence electrons. The SMILES string of the molecule is CCCOc1ccc(/C=N\NC(=O)CN(c2ccccc2OCC)S(=O)(=O)c2ccc(C)cc2)cc1OCC. The van der Waals surface area contributed by atoms with Gasteiger partial charge in [-0.15, -0.1) is 0 Å². The molecular weight excluding hydrogens is 518 g/mol. The number of nitrogens with one attached hydrogen (secondary N) is 1. The summed E-state index contributed by atoms with van der Waals surface area (Å²) in [5, 5.41) is 4.03. The molecule has 0 atom stereocenters. The van der Waals surface area contributed by atoms with E-state index < -0.39 is 22.5 Å². The number of ether oxygens (including phenoxy) is 3. The first-order valence-electron chi connectivity index (χ1n) is 12.8. The molecule has 0 aromatic heterocycles. The highest BCUT2D eigenvalue weighted by Gasteiger charge is 2.29. The van der Waals surface area contributed by atoms with Crippen LogP contribution < -0.4 is 23.9 Å². The van der Waals surface area contributed by atoms with Gasteiger partial charge in [-0.1, -0.05) is 36.8 Å². The summed E-state index contributed by atoms with van der Waals surface area (Å²) in [6, 6.07) is 18.5. The van der Waals surface area contributed by atoms with E-state index in [-0.39, 0.29) is 10.6 Å². The van der Waals surface area contributed by atoms with Crippen molar-refractivity contribution in [3.8, 4) is 17.2 Å². The first kappa shape index (κ1) is 29.5. The molecule has 0 spiro atoms. The summed E-state index contributed by atoms with van der Waals surface area (Å²) in [5.74, 6) is 0.927. The minimum atomic E-state index is -4.10. The number of nitrogens with zero attached hydrogens (tertiary/aromatic N) is 2. The van der Waals surface area contributed by atoms with Crippen LogP contribution in [0.15, 0.2) is 76.7 Å². The largest absolute Gasteiger partial charge is 0.492 e. The second-order valence-electron chi connectivity index (χ2n) is 8.51. The molecule has 0 aliphatic heterocycles. The molecule has 0 fully saturated rings. The molecule has 3 aromatic rings. The van der Waals surface area contributed by atoms with E-state index in [1.54, 1.807) is 61.5 Å². The van der Waals surface area contributed by atoms with Crippen LogP contribution >= 0.6 is 0 Å². The van der Waals surface area contributed by atoms with Crippen molar-refractivity contribution in [1.82, 2.24) is 5.43 Å². The highest BCUT2D eigenvalue weighted by atomic mass is 32.2. The molecule has 0 heterocycles. The molecule has 0 saturated heterocycles. The minimum Gasteiger partial charge on any atom is -0.492 e. The number of aryl methyl sites for hydroxylation is 1. The number of rotatable bonds is 14. The summed E-state index contributed by atoms with van der Waals surface area (Å²) in [4.78, 5) is 13.0. The van der Waals surface area contributed by atoms with Gasteiger partial charge >= 0.3 is 0 Å². The third-order valence-electron chi connectivity index (χ3n) is 5.46. The van der Waals surface area contributed by atoms with Crippen LogP contribution in [0.4, 0.5) is 5.69 Å². The van der Waals surface area contributed by atoms with Crippen molar-refractivity contribution >= 4 is 27.8 Å². The van der Waals surface area contributed by atoms with Crippen LogP contribution in [0.5, 0.6) is 17.2 Å². The molecule has 0 bridgehead atoms. The number of anilines is 1. The van der Waals surface area contributed by atoms with Crippen molar-refractivity contribution in [3.05, 3.63) is 77.9 Å². The highest BCUT2D eigenvalue weighted by molar-refractivity contribution is 7.92. The van der Waals surface area contributed by atoms with E-state index in [1.807, 2.05) is 20.8 Å². The van der Waals surface area contributed by atoms with Crippen LogP contribution in [0.2, 0.25) is 0 Å². The van der Waals surface area contributed by atoms with Crippen LogP contribution in [-0.4, -0.2) is 46.9 Å². The maximum absolute atomic E-state index is 13.7. The maximum Gasteiger partial charge on any atom is 0.264 e. The molecule has 39 heavy (non-hydrogen) atoms. The fourth-order valence-corrected chi connectivity index (χ4v) is 5.06. The molecule has 0 unspecified atom stereocenters. The summed E-state index contributed by atoms with van der Waals surface area (Å²) in [5.41, 5.74) is 4.27. The van der Waals surface area contributed by atoms with Crippen LogP contribution in [0.1, 0.15) is 38.3 Å². The van der Waals surface area contributed by atoms with E-state index in [9.17, 15) is 13.2 Å². The number of carbonyl (C=O) groups is 1. The summed E-state index contributed by atoms with van der Waals surface area (Å²) in [6.45, 7) is 8.43. The normalized spacial score (nSPS) is 11.3. The average Bonchev–Trinajstić information content (AvgIpc) is 2.92. The summed E-state index contributed by atoms with van der Waals surface area (Å²) >= 11 is 0. The fourth-order valence-electron chi connectivity index (χ4n) is 3.63. The van der Waals surface area contributed by atoms with Gasteiger partial charge in [-0.3, -0.25) is 9.10 Å². The number of hydrogen-bond acceptors (Lipinski definition) is 7. The second-order valence-corrected chi connectivity index (χ2v) is 10.4. The molecule has 0 radical (unpaired) electrons. The zero-order chi connectivity index (χ0) is 28.3. The van der Waals surface area contributed by atoms with Crippen LogP contribution in [0.3, 0.4) is 0 Å². The van der Waals surface area contributed by atoms with Gasteiger partial charge in [-0.05, 0) is 75.2 Å². The Balaban J connectivity index is 1.84. The van der Waals surface area contributed by atoms with Crippen molar-refractivity contribution in [2.45, 2.75) is 39.0 Å². The van der Waals surface area contributed by atoms with Gasteiger partial charge in [-0.2, -0.15) is 5.10 Å². The number of hydrazone groups is 1. The Bertz CT molecular complexity index is 1370. The number of hydrogen-bond donors (Lipinski definition) is 1. The van der Waals surface area contributed by atoms with Crippen LogP contribution in [0.25, 0.3) is 0 Å². The number of amides is 1.